The van der Waals surface area contributed by atoms with Gasteiger partial charge in [-0.15, -0.1) is 6.58 Å². The van der Waals surface area contributed by atoms with Gasteiger partial charge >= 0.3 is 6.03 Å². The van der Waals surface area contributed by atoms with E-state index >= 15 is 0 Å². The van der Waals surface area contributed by atoms with E-state index in [-0.39, 0.29) is 6.04 Å². The van der Waals surface area contributed by atoms with Crippen LogP contribution in [0.15, 0.2) is 43.0 Å². The second kappa shape index (κ2) is 6.63. The molecular weight excluding hydrogens is 202 g/mol. The molecule has 0 bridgehead atoms. The van der Waals surface area contributed by atoms with Crippen molar-refractivity contribution in [3.05, 3.63) is 48.6 Å². The van der Waals surface area contributed by atoms with Gasteiger partial charge in [0, 0.05) is 0 Å². The number of carbonyl (C=O) groups is 1. The molecule has 16 heavy (non-hydrogen) atoms. The number of benzene rings is 1. The predicted octanol–water partition coefficient (Wildman–Crippen LogP) is 1.87. The molecule has 1 unspecified atom stereocenters. The summed E-state index contributed by atoms with van der Waals surface area (Å²) in [6, 6.07) is 9.35. The monoisotopic (exact) mass is 219 g/mol. The number of hydrogen-bond donors (Lipinski definition) is 3. The molecule has 0 saturated heterocycles. The number of hydrazine groups is 1. The van der Waals surface area contributed by atoms with Gasteiger partial charge in [-0.05, 0) is 18.4 Å². The van der Waals surface area contributed by atoms with Crippen molar-refractivity contribution in [2.75, 3.05) is 0 Å². The van der Waals surface area contributed by atoms with E-state index in [0.717, 1.165) is 18.4 Å². The minimum absolute atomic E-state index is 0.0479. The van der Waals surface area contributed by atoms with Gasteiger partial charge < -0.3 is 5.73 Å². The summed E-state index contributed by atoms with van der Waals surface area (Å²) >= 11 is 0. The number of primary amides is 1. The maximum absolute atomic E-state index is 10.6. The summed E-state index contributed by atoms with van der Waals surface area (Å²) in [6.07, 6.45) is 3.57. The van der Waals surface area contributed by atoms with Crippen molar-refractivity contribution < 1.29 is 4.79 Å². The van der Waals surface area contributed by atoms with Crippen LogP contribution in [0.4, 0.5) is 4.79 Å². The van der Waals surface area contributed by atoms with Crippen LogP contribution < -0.4 is 16.6 Å². The Hall–Kier alpha value is -1.81. The number of urea groups is 1. The Bertz CT molecular complexity index is 337. The zero-order valence-electron chi connectivity index (χ0n) is 9.15. The van der Waals surface area contributed by atoms with Crippen LogP contribution in [0.1, 0.15) is 24.4 Å². The lowest BCUT2D eigenvalue weighted by Gasteiger charge is -2.18. The highest BCUT2D eigenvalue weighted by Gasteiger charge is 2.09. The topological polar surface area (TPSA) is 67.2 Å². The maximum Gasteiger partial charge on any atom is 0.326 e. The molecule has 2 amide bonds. The van der Waals surface area contributed by atoms with Gasteiger partial charge in [0.25, 0.3) is 0 Å². The third kappa shape index (κ3) is 4.14. The first-order chi connectivity index (χ1) is 7.74. The molecule has 4 nitrogen and oxygen atoms in total. The van der Waals surface area contributed by atoms with Gasteiger partial charge in [-0.3, -0.25) is 5.43 Å². The number of carbonyl (C=O) groups excluding carboxylic acids is 1. The first-order valence-electron chi connectivity index (χ1n) is 5.21. The number of rotatable bonds is 6. The molecule has 0 radical (unpaired) electrons. The Morgan fingerprint density at radius 1 is 1.44 bits per heavy atom. The Balaban J connectivity index is 2.63. The molecule has 4 heteroatoms. The minimum Gasteiger partial charge on any atom is -0.351 e. The molecule has 0 spiro atoms. The summed E-state index contributed by atoms with van der Waals surface area (Å²) < 4.78 is 0. The maximum atomic E-state index is 10.6. The van der Waals surface area contributed by atoms with E-state index in [1.165, 1.54) is 0 Å². The van der Waals surface area contributed by atoms with Crippen molar-refractivity contribution in [1.82, 2.24) is 10.9 Å². The number of nitrogens with two attached hydrogens (primary N) is 1. The highest BCUT2D eigenvalue weighted by atomic mass is 16.2. The molecule has 0 saturated carbocycles. The van der Waals surface area contributed by atoms with Crippen molar-refractivity contribution in [2.24, 2.45) is 5.73 Å². The average Bonchev–Trinajstić information content (AvgIpc) is 2.30. The molecule has 0 aromatic heterocycles. The van der Waals surface area contributed by atoms with Crippen LogP contribution >= 0.6 is 0 Å². The molecule has 1 aromatic rings. The smallest absolute Gasteiger partial charge is 0.326 e. The fourth-order valence-corrected chi connectivity index (χ4v) is 1.45. The molecule has 0 heterocycles. The number of nitrogens with one attached hydrogen (secondary N) is 2. The van der Waals surface area contributed by atoms with E-state index < -0.39 is 6.03 Å². The molecule has 1 atom stereocenters. The lowest BCUT2D eigenvalue weighted by atomic mass is 10.0. The van der Waals surface area contributed by atoms with Gasteiger partial charge in [-0.1, -0.05) is 36.4 Å². The standard InChI is InChI=1S/C12H17N3O/c1-2-3-9-11(14-15-12(13)16)10-7-5-4-6-8-10/h2,4-8,11,14H,1,3,9H2,(H3,13,15,16). The highest BCUT2D eigenvalue weighted by molar-refractivity contribution is 5.70. The lowest BCUT2D eigenvalue weighted by Crippen LogP contribution is -2.43. The summed E-state index contributed by atoms with van der Waals surface area (Å²) in [5.41, 5.74) is 11.4. The second-order valence-electron chi connectivity index (χ2n) is 3.46. The van der Waals surface area contributed by atoms with Crippen molar-refractivity contribution in [1.29, 1.82) is 0 Å². The molecule has 0 aliphatic rings. The lowest BCUT2D eigenvalue weighted by molar-refractivity contribution is 0.241. The van der Waals surface area contributed by atoms with Crippen molar-refractivity contribution in [3.63, 3.8) is 0 Å². The average molecular weight is 219 g/mol. The van der Waals surface area contributed by atoms with Crippen LogP contribution in [0, 0.1) is 0 Å². The van der Waals surface area contributed by atoms with Gasteiger partial charge in [-0.2, -0.15) is 0 Å². The zero-order chi connectivity index (χ0) is 11.8. The fourth-order valence-electron chi connectivity index (χ4n) is 1.45. The summed E-state index contributed by atoms with van der Waals surface area (Å²) in [4.78, 5) is 10.6. The second-order valence-corrected chi connectivity index (χ2v) is 3.46. The molecule has 1 aromatic carbocycles. The summed E-state index contributed by atoms with van der Waals surface area (Å²) in [5.74, 6) is 0. The van der Waals surface area contributed by atoms with Crippen LogP contribution in [0.3, 0.4) is 0 Å². The number of allylic oxidation sites excluding steroid dienone is 1. The Morgan fingerprint density at radius 2 is 2.12 bits per heavy atom. The minimum atomic E-state index is -0.584. The van der Waals surface area contributed by atoms with Gasteiger partial charge in [0.2, 0.25) is 0 Å². The molecule has 0 fully saturated rings. The largest absolute Gasteiger partial charge is 0.351 e. The molecule has 86 valence electrons. The zero-order valence-corrected chi connectivity index (χ0v) is 9.15. The summed E-state index contributed by atoms with van der Waals surface area (Å²) in [5, 5.41) is 0. The van der Waals surface area contributed by atoms with Crippen LogP contribution in [-0.4, -0.2) is 6.03 Å². The Labute approximate surface area is 95.5 Å². The van der Waals surface area contributed by atoms with Crippen molar-refractivity contribution in [2.45, 2.75) is 18.9 Å². The van der Waals surface area contributed by atoms with Crippen LogP contribution in [-0.2, 0) is 0 Å². The molecule has 0 aliphatic heterocycles. The summed E-state index contributed by atoms with van der Waals surface area (Å²) in [7, 11) is 0. The van der Waals surface area contributed by atoms with Gasteiger partial charge in [0.15, 0.2) is 0 Å². The van der Waals surface area contributed by atoms with Crippen LogP contribution in [0.5, 0.6) is 0 Å². The van der Waals surface area contributed by atoms with E-state index in [1.54, 1.807) is 0 Å². The van der Waals surface area contributed by atoms with Crippen LogP contribution in [0.25, 0.3) is 0 Å². The third-order valence-corrected chi connectivity index (χ3v) is 2.23. The van der Waals surface area contributed by atoms with Gasteiger partial charge in [0.05, 0.1) is 6.04 Å². The number of amides is 2. The molecule has 4 N–H and O–H groups in total. The fraction of sp³-hybridized carbons (Fsp3) is 0.250. The predicted molar refractivity (Wildman–Crippen MR) is 64.5 cm³/mol. The highest BCUT2D eigenvalue weighted by Crippen LogP contribution is 2.17. The Morgan fingerprint density at radius 3 is 2.69 bits per heavy atom. The summed E-state index contributed by atoms with van der Waals surface area (Å²) in [6.45, 7) is 3.68. The normalized spacial score (nSPS) is 11.8. The third-order valence-electron chi connectivity index (χ3n) is 2.23. The first kappa shape index (κ1) is 12.3. The first-order valence-corrected chi connectivity index (χ1v) is 5.21. The molecular formula is C12H17N3O. The van der Waals surface area contributed by atoms with Gasteiger partial charge in [-0.25, -0.2) is 10.2 Å². The van der Waals surface area contributed by atoms with E-state index in [9.17, 15) is 4.79 Å². The van der Waals surface area contributed by atoms with E-state index in [1.807, 2.05) is 36.4 Å². The van der Waals surface area contributed by atoms with Crippen molar-refractivity contribution >= 4 is 6.03 Å². The Kier molecular flexibility index (Phi) is 5.08. The van der Waals surface area contributed by atoms with E-state index in [2.05, 4.69) is 17.4 Å². The molecule has 1 rings (SSSR count). The number of hydrogen-bond acceptors (Lipinski definition) is 2. The van der Waals surface area contributed by atoms with E-state index in [4.69, 9.17) is 5.73 Å². The van der Waals surface area contributed by atoms with Gasteiger partial charge in [0.1, 0.15) is 0 Å². The van der Waals surface area contributed by atoms with Crippen molar-refractivity contribution in [3.8, 4) is 0 Å². The van der Waals surface area contributed by atoms with E-state index in [0.29, 0.717) is 0 Å². The van der Waals surface area contributed by atoms with Crippen LogP contribution in [0.2, 0.25) is 0 Å². The quantitative estimate of drug-likeness (QED) is 0.505. The molecule has 0 aliphatic carbocycles. The SMILES string of the molecule is C=CCCC(NNC(N)=O)c1ccccc1.